The third-order valence-electron chi connectivity index (χ3n) is 3.43. The Kier molecular flexibility index (Phi) is 7.50. The Morgan fingerprint density at radius 2 is 1.84 bits per heavy atom. The van der Waals surface area contributed by atoms with Crippen molar-refractivity contribution in [3.8, 4) is 0 Å². The number of benzene rings is 1. The fraction of sp³-hybridized carbons (Fsp3) is 0.556. The fourth-order valence-corrected chi connectivity index (χ4v) is 2.19. The van der Waals surface area contributed by atoms with Gasteiger partial charge in [0, 0.05) is 13.1 Å². The lowest BCUT2D eigenvalue weighted by atomic mass is 9.87. The summed E-state index contributed by atoms with van der Waals surface area (Å²) in [6.45, 7) is 9.02. The summed E-state index contributed by atoms with van der Waals surface area (Å²) in [7, 11) is 0. The van der Waals surface area contributed by atoms with E-state index in [4.69, 9.17) is 0 Å². The van der Waals surface area contributed by atoms with Gasteiger partial charge in [0.2, 0.25) is 0 Å². The van der Waals surface area contributed by atoms with Crippen LogP contribution in [0.1, 0.15) is 52.0 Å². The molecule has 0 atom stereocenters. The van der Waals surface area contributed by atoms with Gasteiger partial charge in [0.25, 0.3) is 0 Å². The predicted octanol–water partition coefficient (Wildman–Crippen LogP) is 4.90. The van der Waals surface area contributed by atoms with Crippen LogP contribution in [0.5, 0.6) is 0 Å². The van der Waals surface area contributed by atoms with E-state index in [9.17, 15) is 0 Å². The van der Waals surface area contributed by atoms with Crippen LogP contribution in [0, 0.1) is 5.41 Å². The maximum absolute atomic E-state index is 3.54. The Morgan fingerprint density at radius 3 is 2.53 bits per heavy atom. The first-order chi connectivity index (χ1) is 9.14. The van der Waals surface area contributed by atoms with E-state index in [2.05, 4.69) is 68.6 Å². The van der Waals surface area contributed by atoms with Crippen molar-refractivity contribution < 1.29 is 0 Å². The lowest BCUT2D eigenvalue weighted by Gasteiger charge is -2.24. The van der Waals surface area contributed by atoms with Crippen LogP contribution in [0.2, 0.25) is 0 Å². The molecule has 0 saturated heterocycles. The average molecular weight is 259 g/mol. The molecule has 1 nitrogen and oxygen atoms in total. The summed E-state index contributed by atoms with van der Waals surface area (Å²) >= 11 is 0. The number of nitrogens with one attached hydrogen (secondary N) is 1. The topological polar surface area (TPSA) is 12.0 Å². The second kappa shape index (κ2) is 8.92. The second-order valence-electron chi connectivity index (χ2n) is 6.07. The highest BCUT2D eigenvalue weighted by Gasteiger charge is 2.15. The normalized spacial score (nSPS) is 12.2. The zero-order valence-corrected chi connectivity index (χ0v) is 12.8. The minimum atomic E-state index is 0.412. The molecule has 0 aliphatic heterocycles. The molecule has 1 N–H and O–H groups in total. The van der Waals surface area contributed by atoms with Gasteiger partial charge in [-0.25, -0.2) is 0 Å². The smallest absolute Gasteiger partial charge is 0.0138 e. The third kappa shape index (κ3) is 7.84. The molecular formula is C18H29N. The zero-order valence-electron chi connectivity index (χ0n) is 12.8. The van der Waals surface area contributed by atoms with Crippen LogP contribution in [0.25, 0.3) is 6.08 Å². The maximum Gasteiger partial charge on any atom is 0.0138 e. The Hall–Kier alpha value is -1.08. The summed E-state index contributed by atoms with van der Waals surface area (Å²) < 4.78 is 0. The van der Waals surface area contributed by atoms with Crippen molar-refractivity contribution in [2.24, 2.45) is 5.41 Å². The maximum atomic E-state index is 3.54. The Bertz CT molecular complexity index is 351. The summed E-state index contributed by atoms with van der Waals surface area (Å²) in [5.41, 5.74) is 1.68. The first-order valence-corrected chi connectivity index (χ1v) is 7.56. The number of rotatable bonds is 9. The van der Waals surface area contributed by atoms with E-state index in [1.165, 1.54) is 31.2 Å². The quantitative estimate of drug-likeness (QED) is 0.622. The van der Waals surface area contributed by atoms with Gasteiger partial charge in [-0.1, -0.05) is 82.5 Å². The van der Waals surface area contributed by atoms with Crippen LogP contribution in [0.3, 0.4) is 0 Å². The van der Waals surface area contributed by atoms with E-state index < -0.39 is 0 Å². The Labute approximate surface area is 119 Å². The van der Waals surface area contributed by atoms with Gasteiger partial charge in [-0.3, -0.25) is 0 Å². The molecule has 1 rings (SSSR count). The molecule has 0 aromatic heterocycles. The molecule has 0 aliphatic carbocycles. The van der Waals surface area contributed by atoms with E-state index in [1.54, 1.807) is 0 Å². The largest absolute Gasteiger partial charge is 0.313 e. The van der Waals surface area contributed by atoms with Gasteiger partial charge in [0.15, 0.2) is 0 Å². The third-order valence-corrected chi connectivity index (χ3v) is 3.43. The molecule has 1 aromatic rings. The monoisotopic (exact) mass is 259 g/mol. The van der Waals surface area contributed by atoms with Crippen LogP contribution in [-0.2, 0) is 0 Å². The van der Waals surface area contributed by atoms with Crippen LogP contribution >= 0.6 is 0 Å². The number of hydrogen-bond acceptors (Lipinski definition) is 1. The molecule has 0 aliphatic rings. The molecule has 0 bridgehead atoms. The number of unbranched alkanes of at least 4 members (excludes halogenated alkanes) is 2. The van der Waals surface area contributed by atoms with Crippen molar-refractivity contribution in [3.63, 3.8) is 0 Å². The van der Waals surface area contributed by atoms with Crippen LogP contribution < -0.4 is 5.32 Å². The van der Waals surface area contributed by atoms with Gasteiger partial charge in [-0.15, -0.1) is 0 Å². The van der Waals surface area contributed by atoms with Crippen molar-refractivity contribution in [2.45, 2.75) is 46.5 Å². The molecule has 0 amide bonds. The highest BCUT2D eigenvalue weighted by molar-refractivity contribution is 5.48. The summed E-state index contributed by atoms with van der Waals surface area (Å²) in [6.07, 6.45) is 9.72. The zero-order chi connectivity index (χ0) is 14.0. The molecule has 0 saturated carbocycles. The van der Waals surface area contributed by atoms with Crippen molar-refractivity contribution >= 4 is 6.08 Å². The lowest BCUT2D eigenvalue weighted by molar-refractivity contribution is 0.307. The van der Waals surface area contributed by atoms with Crippen molar-refractivity contribution in [1.82, 2.24) is 5.32 Å². The minimum Gasteiger partial charge on any atom is -0.313 e. The summed E-state index contributed by atoms with van der Waals surface area (Å²) in [6, 6.07) is 10.5. The average Bonchev–Trinajstić information content (AvgIpc) is 2.39. The first kappa shape index (κ1) is 16.0. The molecule has 106 valence electrons. The minimum absolute atomic E-state index is 0.412. The highest BCUT2D eigenvalue weighted by atomic mass is 14.9. The van der Waals surface area contributed by atoms with Crippen molar-refractivity contribution in [3.05, 3.63) is 42.0 Å². The van der Waals surface area contributed by atoms with Crippen molar-refractivity contribution in [1.29, 1.82) is 0 Å². The summed E-state index contributed by atoms with van der Waals surface area (Å²) in [5.74, 6) is 0. The summed E-state index contributed by atoms with van der Waals surface area (Å²) in [4.78, 5) is 0. The molecule has 0 fully saturated rings. The van der Waals surface area contributed by atoms with E-state index in [-0.39, 0.29) is 0 Å². The Morgan fingerprint density at radius 1 is 1.11 bits per heavy atom. The van der Waals surface area contributed by atoms with Crippen LogP contribution in [-0.4, -0.2) is 13.1 Å². The van der Waals surface area contributed by atoms with E-state index in [0.717, 1.165) is 13.1 Å². The molecular weight excluding hydrogens is 230 g/mol. The number of hydrogen-bond donors (Lipinski definition) is 1. The second-order valence-corrected chi connectivity index (χ2v) is 6.07. The van der Waals surface area contributed by atoms with Gasteiger partial charge in [0.05, 0.1) is 0 Å². The van der Waals surface area contributed by atoms with Crippen LogP contribution in [0.4, 0.5) is 0 Å². The van der Waals surface area contributed by atoms with E-state index in [0.29, 0.717) is 5.41 Å². The Balaban J connectivity index is 2.17. The molecule has 0 spiro atoms. The lowest BCUT2D eigenvalue weighted by Crippen LogP contribution is -2.29. The van der Waals surface area contributed by atoms with Gasteiger partial charge in [-0.2, -0.15) is 0 Å². The fourth-order valence-electron chi connectivity index (χ4n) is 2.19. The van der Waals surface area contributed by atoms with Gasteiger partial charge in [-0.05, 0) is 17.4 Å². The molecule has 1 heteroatoms. The first-order valence-electron chi connectivity index (χ1n) is 7.56. The molecule has 0 unspecified atom stereocenters. The molecule has 1 aromatic carbocycles. The molecule has 19 heavy (non-hydrogen) atoms. The van der Waals surface area contributed by atoms with Crippen LogP contribution in [0.15, 0.2) is 36.4 Å². The van der Waals surface area contributed by atoms with Gasteiger partial charge >= 0.3 is 0 Å². The van der Waals surface area contributed by atoms with Gasteiger partial charge in [0.1, 0.15) is 0 Å². The highest BCUT2D eigenvalue weighted by Crippen LogP contribution is 2.22. The standard InChI is InChI=1S/C18H29N/c1-4-5-9-14-18(2,3)16-19-15-10-13-17-11-7-6-8-12-17/h6-8,10-13,19H,4-5,9,14-16H2,1-3H3. The SMILES string of the molecule is CCCCCC(C)(C)CNCC=Cc1ccccc1. The predicted molar refractivity (Wildman–Crippen MR) is 86.3 cm³/mol. The molecule has 0 radical (unpaired) electrons. The van der Waals surface area contributed by atoms with E-state index in [1.807, 2.05) is 0 Å². The summed E-state index contributed by atoms with van der Waals surface area (Å²) in [5, 5.41) is 3.54. The molecule has 0 heterocycles. The van der Waals surface area contributed by atoms with Crippen molar-refractivity contribution in [2.75, 3.05) is 13.1 Å². The van der Waals surface area contributed by atoms with E-state index >= 15 is 0 Å². The van der Waals surface area contributed by atoms with Gasteiger partial charge < -0.3 is 5.32 Å².